The van der Waals surface area contributed by atoms with Crippen LogP contribution < -0.4 is 10.6 Å². The summed E-state index contributed by atoms with van der Waals surface area (Å²) < 4.78 is 13.5. The number of ketones is 1. The van der Waals surface area contributed by atoms with Crippen molar-refractivity contribution in [2.24, 2.45) is 0 Å². The molecule has 0 saturated heterocycles. The lowest BCUT2D eigenvalue weighted by molar-refractivity contribution is -0.116. The molecule has 0 bridgehead atoms. The number of carbonyl (C=O) groups excluding carboxylic acids is 2. The first-order valence-corrected chi connectivity index (χ1v) is 9.40. The van der Waals surface area contributed by atoms with Gasteiger partial charge in [-0.05, 0) is 49.6 Å². The largest absolute Gasteiger partial charge is 0.362 e. The Morgan fingerprint density at radius 3 is 2.50 bits per heavy atom. The predicted molar refractivity (Wildman–Crippen MR) is 106 cm³/mol. The number of nitrogens with one attached hydrogen (secondary N) is 2. The Balaban J connectivity index is 1.79. The highest BCUT2D eigenvalue weighted by atomic mass is 19.1. The molecule has 2 aromatic carbocycles. The first-order chi connectivity index (χ1) is 13.5. The summed E-state index contributed by atoms with van der Waals surface area (Å²) in [5, 5.41) is 6.20. The summed E-state index contributed by atoms with van der Waals surface area (Å²) in [7, 11) is 0. The Bertz CT molecular complexity index is 991. The van der Waals surface area contributed by atoms with Gasteiger partial charge in [0.15, 0.2) is 5.78 Å². The summed E-state index contributed by atoms with van der Waals surface area (Å²) >= 11 is 0. The number of rotatable bonds is 3. The number of hydrogen-bond acceptors (Lipinski definition) is 3. The fraction of sp³-hybridized carbons (Fsp3) is 0.217. The fourth-order valence-electron chi connectivity index (χ4n) is 3.99. The molecule has 4 nitrogen and oxygen atoms in total. The smallest absolute Gasteiger partial charge is 0.254 e. The van der Waals surface area contributed by atoms with Gasteiger partial charge in [0.05, 0.1) is 0 Å². The first-order valence-electron chi connectivity index (χ1n) is 9.40. The van der Waals surface area contributed by atoms with Crippen molar-refractivity contribution in [2.45, 2.75) is 32.1 Å². The van der Waals surface area contributed by atoms with E-state index in [1.165, 1.54) is 12.1 Å². The molecule has 2 aliphatic rings. The maximum Gasteiger partial charge on any atom is 0.254 e. The lowest BCUT2D eigenvalue weighted by Gasteiger charge is -2.34. The van der Waals surface area contributed by atoms with Gasteiger partial charge >= 0.3 is 0 Å². The van der Waals surface area contributed by atoms with Crippen molar-refractivity contribution in [3.8, 4) is 0 Å². The van der Waals surface area contributed by atoms with Crippen LogP contribution in [-0.2, 0) is 9.59 Å². The lowest BCUT2D eigenvalue weighted by atomic mass is 9.75. The fourth-order valence-corrected chi connectivity index (χ4v) is 3.99. The maximum atomic E-state index is 13.5. The molecule has 1 atom stereocenters. The van der Waals surface area contributed by atoms with Crippen molar-refractivity contribution < 1.29 is 14.0 Å². The Morgan fingerprint density at radius 2 is 1.79 bits per heavy atom. The summed E-state index contributed by atoms with van der Waals surface area (Å²) in [5.74, 6) is -1.08. The van der Waals surface area contributed by atoms with Gasteiger partial charge in [0, 0.05) is 40.6 Å². The molecule has 1 amide bonds. The number of hydrogen-bond donors (Lipinski definition) is 2. The molecule has 2 N–H and O–H groups in total. The minimum absolute atomic E-state index is 0.0422. The van der Waals surface area contributed by atoms with Crippen LogP contribution in [0.1, 0.15) is 37.7 Å². The van der Waals surface area contributed by atoms with Crippen molar-refractivity contribution in [1.82, 2.24) is 5.32 Å². The highest BCUT2D eigenvalue weighted by Crippen LogP contribution is 2.42. The van der Waals surface area contributed by atoms with E-state index in [1.54, 1.807) is 12.1 Å². The number of carbonyl (C=O) groups is 2. The summed E-state index contributed by atoms with van der Waals surface area (Å²) in [6.45, 7) is 1.85. The quantitative estimate of drug-likeness (QED) is 0.833. The van der Waals surface area contributed by atoms with Crippen molar-refractivity contribution in [1.29, 1.82) is 0 Å². The van der Waals surface area contributed by atoms with Crippen LogP contribution in [0, 0.1) is 5.82 Å². The van der Waals surface area contributed by atoms with Crippen molar-refractivity contribution in [3.63, 3.8) is 0 Å². The molecular formula is C23H21FN2O2. The second-order valence-electron chi connectivity index (χ2n) is 7.14. The number of halogens is 1. The van der Waals surface area contributed by atoms with Crippen LogP contribution in [0.15, 0.2) is 77.1 Å². The molecule has 0 radical (unpaired) electrons. The number of benzene rings is 2. The van der Waals surface area contributed by atoms with Gasteiger partial charge in [0.2, 0.25) is 0 Å². The van der Waals surface area contributed by atoms with E-state index >= 15 is 0 Å². The monoisotopic (exact) mass is 376 g/mol. The van der Waals surface area contributed by atoms with Gasteiger partial charge in [0.1, 0.15) is 5.82 Å². The van der Waals surface area contributed by atoms with Crippen LogP contribution in [0.3, 0.4) is 0 Å². The number of amides is 1. The van der Waals surface area contributed by atoms with E-state index in [4.69, 9.17) is 0 Å². The van der Waals surface area contributed by atoms with E-state index in [0.29, 0.717) is 23.3 Å². The van der Waals surface area contributed by atoms with Crippen LogP contribution in [0.2, 0.25) is 0 Å². The Labute approximate surface area is 163 Å². The van der Waals surface area contributed by atoms with Crippen LogP contribution >= 0.6 is 0 Å². The number of para-hydroxylation sites is 1. The average molecular weight is 376 g/mol. The summed E-state index contributed by atoms with van der Waals surface area (Å²) in [4.78, 5) is 26.0. The van der Waals surface area contributed by atoms with Crippen molar-refractivity contribution in [2.75, 3.05) is 5.32 Å². The van der Waals surface area contributed by atoms with Gasteiger partial charge in [0.25, 0.3) is 5.91 Å². The second-order valence-corrected chi connectivity index (χ2v) is 7.14. The third-order valence-electron chi connectivity index (χ3n) is 5.26. The number of anilines is 1. The molecular weight excluding hydrogens is 355 g/mol. The van der Waals surface area contributed by atoms with Gasteiger partial charge in [-0.3, -0.25) is 9.59 Å². The first kappa shape index (κ1) is 18.2. The molecule has 0 saturated carbocycles. The van der Waals surface area contributed by atoms with E-state index in [9.17, 15) is 14.0 Å². The Hall–Kier alpha value is -3.21. The van der Waals surface area contributed by atoms with Crippen molar-refractivity contribution >= 4 is 17.4 Å². The molecule has 0 spiro atoms. The normalized spacial score (nSPS) is 19.2. The third-order valence-corrected chi connectivity index (χ3v) is 5.26. The predicted octanol–water partition coefficient (Wildman–Crippen LogP) is 4.43. The van der Waals surface area contributed by atoms with Crippen LogP contribution in [0.25, 0.3) is 0 Å². The molecule has 4 rings (SSSR count). The minimum atomic E-state index is -0.506. The molecule has 0 fully saturated rings. The maximum absolute atomic E-state index is 13.5. The van der Waals surface area contributed by atoms with Crippen LogP contribution in [0.5, 0.6) is 0 Å². The van der Waals surface area contributed by atoms with E-state index in [-0.39, 0.29) is 17.5 Å². The molecule has 2 aromatic rings. The summed E-state index contributed by atoms with van der Waals surface area (Å²) in [6.07, 6.45) is 2.02. The standard InChI is InChI=1S/C23H21FN2O2/c1-14-20(23(28)26-17-6-3-2-4-7-17)21(15-10-12-16(24)13-11-15)22-18(25-14)8-5-9-19(22)27/h2-4,6-7,10-13,21,25H,5,8-9H2,1H3,(H,26,28). The van der Waals surface area contributed by atoms with Gasteiger partial charge in [-0.2, -0.15) is 0 Å². The van der Waals surface area contributed by atoms with E-state index < -0.39 is 5.92 Å². The van der Waals surface area contributed by atoms with Crippen LogP contribution in [0.4, 0.5) is 10.1 Å². The minimum Gasteiger partial charge on any atom is -0.362 e. The van der Waals surface area contributed by atoms with Gasteiger partial charge < -0.3 is 10.6 Å². The molecule has 28 heavy (non-hydrogen) atoms. The third kappa shape index (κ3) is 3.36. The summed E-state index contributed by atoms with van der Waals surface area (Å²) in [5.41, 5.74) is 4.13. The molecule has 5 heteroatoms. The molecule has 1 aliphatic carbocycles. The summed E-state index contributed by atoms with van der Waals surface area (Å²) in [6, 6.07) is 15.2. The number of dihydropyridines is 1. The zero-order valence-electron chi connectivity index (χ0n) is 15.6. The number of Topliss-reactive ketones (excluding diaryl/α,β-unsaturated/α-hetero) is 1. The highest BCUT2D eigenvalue weighted by molar-refractivity contribution is 6.09. The van der Waals surface area contributed by atoms with Gasteiger partial charge in [-0.15, -0.1) is 0 Å². The van der Waals surface area contributed by atoms with Gasteiger partial charge in [-0.25, -0.2) is 4.39 Å². The van der Waals surface area contributed by atoms with E-state index in [2.05, 4.69) is 10.6 Å². The van der Waals surface area contributed by atoms with Crippen LogP contribution in [-0.4, -0.2) is 11.7 Å². The number of allylic oxidation sites excluding steroid dienone is 3. The average Bonchev–Trinajstić information content (AvgIpc) is 2.68. The van der Waals surface area contributed by atoms with Gasteiger partial charge in [-0.1, -0.05) is 30.3 Å². The topological polar surface area (TPSA) is 58.2 Å². The Kier molecular flexibility index (Phi) is 4.82. The van der Waals surface area contributed by atoms with Crippen molar-refractivity contribution in [3.05, 3.63) is 88.5 Å². The second kappa shape index (κ2) is 7.43. The Morgan fingerprint density at radius 1 is 1.07 bits per heavy atom. The molecule has 0 aromatic heterocycles. The molecule has 1 aliphatic heterocycles. The molecule has 1 unspecified atom stereocenters. The SMILES string of the molecule is CC1=C(C(=O)Nc2ccccc2)C(c2ccc(F)cc2)C2=C(CCCC2=O)N1. The molecule has 1 heterocycles. The highest BCUT2D eigenvalue weighted by Gasteiger charge is 2.38. The van der Waals surface area contributed by atoms with E-state index in [1.807, 2.05) is 37.3 Å². The zero-order valence-corrected chi connectivity index (χ0v) is 15.6. The zero-order chi connectivity index (χ0) is 19.7. The molecule has 142 valence electrons. The lowest BCUT2D eigenvalue weighted by Crippen LogP contribution is -2.35. The van der Waals surface area contributed by atoms with E-state index in [0.717, 1.165) is 29.8 Å².